The van der Waals surface area contributed by atoms with Gasteiger partial charge in [0, 0.05) is 36.9 Å². The summed E-state index contributed by atoms with van der Waals surface area (Å²) in [5, 5.41) is 3.88. The molecule has 0 aliphatic carbocycles. The lowest BCUT2D eigenvalue weighted by Gasteiger charge is -2.24. The fourth-order valence-corrected chi connectivity index (χ4v) is 3.19. The van der Waals surface area contributed by atoms with Crippen molar-refractivity contribution in [1.82, 2.24) is 15.2 Å². The summed E-state index contributed by atoms with van der Waals surface area (Å²) in [7, 11) is 1.68. The summed E-state index contributed by atoms with van der Waals surface area (Å²) in [6.07, 6.45) is 0.957. The summed E-state index contributed by atoms with van der Waals surface area (Å²) < 4.78 is 0. The molecule has 1 aromatic rings. The van der Waals surface area contributed by atoms with E-state index in [9.17, 15) is 4.79 Å². The van der Waals surface area contributed by atoms with Gasteiger partial charge < -0.3 is 5.32 Å². The maximum Gasteiger partial charge on any atom is 0.233 e. The van der Waals surface area contributed by atoms with Crippen molar-refractivity contribution in [2.45, 2.75) is 39.2 Å². The van der Waals surface area contributed by atoms with E-state index in [4.69, 9.17) is 4.98 Å². The Morgan fingerprint density at radius 3 is 2.83 bits per heavy atom. The van der Waals surface area contributed by atoms with Gasteiger partial charge in [0.2, 0.25) is 5.91 Å². The quantitative estimate of drug-likeness (QED) is 0.884. The lowest BCUT2D eigenvalue weighted by atomic mass is 9.98. The first kappa shape index (κ1) is 13.5. The minimum atomic E-state index is 0.0824. The Balaban J connectivity index is 2.10. The van der Waals surface area contributed by atoms with E-state index in [1.807, 2.05) is 0 Å². The minimum Gasteiger partial charge on any atom is -0.358 e. The molecule has 0 aromatic carbocycles. The molecule has 0 saturated heterocycles. The predicted octanol–water partition coefficient (Wildman–Crippen LogP) is 1.54. The van der Waals surface area contributed by atoms with Gasteiger partial charge >= 0.3 is 0 Å². The molecule has 0 unspecified atom stereocenters. The maximum atomic E-state index is 11.4. The molecule has 0 spiro atoms. The summed E-state index contributed by atoms with van der Waals surface area (Å²) in [5.74, 6) is 0.0824. The molecule has 0 radical (unpaired) electrons. The fraction of sp³-hybridized carbons (Fsp3) is 0.692. The first-order chi connectivity index (χ1) is 8.40. The number of nitrogens with zero attached hydrogens (tertiary/aromatic N) is 2. The highest BCUT2D eigenvalue weighted by Gasteiger charge is 2.25. The van der Waals surface area contributed by atoms with Gasteiger partial charge in [0.1, 0.15) is 0 Å². The van der Waals surface area contributed by atoms with Crippen LogP contribution in [-0.2, 0) is 23.2 Å². The number of carbonyl (C=O) groups excluding carboxylic acids is 1. The van der Waals surface area contributed by atoms with Gasteiger partial charge in [-0.3, -0.25) is 9.69 Å². The van der Waals surface area contributed by atoms with E-state index in [0.29, 0.717) is 6.54 Å². The van der Waals surface area contributed by atoms with Crippen molar-refractivity contribution in [2.75, 3.05) is 20.1 Å². The monoisotopic (exact) mass is 267 g/mol. The molecular formula is C13H21N3OS. The third-order valence-electron chi connectivity index (χ3n) is 3.10. The molecule has 4 nitrogen and oxygen atoms in total. The molecule has 0 bridgehead atoms. The van der Waals surface area contributed by atoms with Crippen LogP contribution in [0.1, 0.15) is 36.3 Å². The van der Waals surface area contributed by atoms with Gasteiger partial charge in [0.15, 0.2) is 0 Å². The summed E-state index contributed by atoms with van der Waals surface area (Å²) in [6, 6.07) is 0. The van der Waals surface area contributed by atoms with Gasteiger partial charge in [-0.15, -0.1) is 11.3 Å². The normalized spacial score (nSPS) is 16.4. The summed E-state index contributed by atoms with van der Waals surface area (Å²) in [6.45, 7) is 8.85. The number of thiazole rings is 1. The zero-order valence-corrected chi connectivity index (χ0v) is 12.4. The van der Waals surface area contributed by atoms with E-state index in [-0.39, 0.29) is 11.3 Å². The molecule has 0 saturated carbocycles. The number of amides is 1. The molecule has 0 atom stereocenters. The van der Waals surface area contributed by atoms with Gasteiger partial charge in [-0.1, -0.05) is 20.8 Å². The van der Waals surface area contributed by atoms with Gasteiger partial charge in [0.05, 0.1) is 17.2 Å². The molecule has 1 aliphatic rings. The Bertz CT molecular complexity index is 448. The van der Waals surface area contributed by atoms with Crippen LogP contribution in [0.2, 0.25) is 0 Å². The third kappa shape index (κ3) is 2.90. The average Bonchev–Trinajstić information content (AvgIpc) is 2.71. The molecule has 1 aliphatic heterocycles. The second-order valence-electron chi connectivity index (χ2n) is 5.77. The number of likely N-dealkylation sites (N-methyl/N-ethyl adjacent to an activating group) is 1. The molecule has 2 heterocycles. The second-order valence-corrected chi connectivity index (χ2v) is 6.86. The van der Waals surface area contributed by atoms with Crippen molar-refractivity contribution < 1.29 is 4.79 Å². The van der Waals surface area contributed by atoms with Crippen LogP contribution in [0.3, 0.4) is 0 Å². The highest BCUT2D eigenvalue weighted by Crippen LogP contribution is 2.32. The zero-order valence-electron chi connectivity index (χ0n) is 11.5. The van der Waals surface area contributed by atoms with E-state index in [1.54, 1.807) is 18.4 Å². The van der Waals surface area contributed by atoms with E-state index in [0.717, 1.165) is 19.5 Å². The van der Waals surface area contributed by atoms with Crippen molar-refractivity contribution in [3.8, 4) is 0 Å². The number of nitrogens with one attached hydrogen (secondary N) is 1. The number of rotatable bonds is 2. The van der Waals surface area contributed by atoms with Crippen molar-refractivity contribution in [3.63, 3.8) is 0 Å². The Morgan fingerprint density at radius 1 is 1.50 bits per heavy atom. The van der Waals surface area contributed by atoms with Crippen molar-refractivity contribution >= 4 is 17.2 Å². The maximum absolute atomic E-state index is 11.4. The molecule has 2 rings (SSSR count). The molecule has 5 heteroatoms. The average molecular weight is 267 g/mol. The van der Waals surface area contributed by atoms with E-state index >= 15 is 0 Å². The lowest BCUT2D eigenvalue weighted by Crippen LogP contribution is -2.38. The van der Waals surface area contributed by atoms with Gasteiger partial charge in [0.25, 0.3) is 0 Å². The number of hydrogen-bond acceptors (Lipinski definition) is 4. The van der Waals surface area contributed by atoms with Crippen molar-refractivity contribution in [3.05, 3.63) is 15.6 Å². The van der Waals surface area contributed by atoms with Crippen LogP contribution in [0, 0.1) is 0 Å². The number of carbonyl (C=O) groups is 1. The SMILES string of the molecule is CNC(=O)CN1CCc2nc(C(C)(C)C)sc2C1. The van der Waals surface area contributed by atoms with Crippen LogP contribution in [0.4, 0.5) is 0 Å². The number of fused-ring (bicyclic) bond motifs is 1. The summed E-state index contributed by atoms with van der Waals surface area (Å²) >= 11 is 1.80. The molecule has 18 heavy (non-hydrogen) atoms. The molecule has 1 aromatic heterocycles. The number of hydrogen-bond donors (Lipinski definition) is 1. The van der Waals surface area contributed by atoms with Gasteiger partial charge in [-0.2, -0.15) is 0 Å². The fourth-order valence-electron chi connectivity index (χ4n) is 1.99. The van der Waals surface area contributed by atoms with Crippen LogP contribution in [0.5, 0.6) is 0 Å². The molecule has 1 amide bonds. The standard InChI is InChI=1S/C13H21N3OS/c1-13(2,3)12-15-9-5-6-16(7-10(9)18-12)8-11(17)14-4/h5-8H2,1-4H3,(H,14,17). The topological polar surface area (TPSA) is 45.2 Å². The van der Waals surface area contributed by atoms with Crippen LogP contribution < -0.4 is 5.32 Å². The second kappa shape index (κ2) is 4.97. The highest BCUT2D eigenvalue weighted by atomic mass is 32.1. The lowest BCUT2D eigenvalue weighted by molar-refractivity contribution is -0.121. The first-order valence-corrected chi connectivity index (χ1v) is 7.14. The van der Waals surface area contributed by atoms with Gasteiger partial charge in [-0.05, 0) is 0 Å². The Hall–Kier alpha value is -0.940. The van der Waals surface area contributed by atoms with Crippen molar-refractivity contribution in [1.29, 1.82) is 0 Å². The molecule has 1 N–H and O–H groups in total. The molecular weight excluding hydrogens is 246 g/mol. The predicted molar refractivity (Wildman–Crippen MR) is 73.9 cm³/mol. The van der Waals surface area contributed by atoms with Crippen LogP contribution in [0.15, 0.2) is 0 Å². The van der Waals surface area contributed by atoms with Crippen LogP contribution in [0.25, 0.3) is 0 Å². The van der Waals surface area contributed by atoms with Crippen molar-refractivity contribution in [2.24, 2.45) is 0 Å². The summed E-state index contributed by atoms with van der Waals surface area (Å²) in [4.78, 5) is 19.7. The first-order valence-electron chi connectivity index (χ1n) is 6.32. The summed E-state index contributed by atoms with van der Waals surface area (Å²) in [5.41, 5.74) is 1.35. The Morgan fingerprint density at radius 2 is 2.22 bits per heavy atom. The third-order valence-corrected chi connectivity index (χ3v) is 4.61. The van der Waals surface area contributed by atoms with Gasteiger partial charge in [-0.25, -0.2) is 4.98 Å². The molecule has 0 fully saturated rings. The van der Waals surface area contributed by atoms with Crippen LogP contribution in [-0.4, -0.2) is 35.9 Å². The zero-order chi connectivity index (χ0) is 13.3. The van der Waals surface area contributed by atoms with E-state index < -0.39 is 0 Å². The largest absolute Gasteiger partial charge is 0.358 e. The highest BCUT2D eigenvalue weighted by molar-refractivity contribution is 7.11. The smallest absolute Gasteiger partial charge is 0.233 e. The van der Waals surface area contributed by atoms with E-state index in [2.05, 4.69) is 31.0 Å². The minimum absolute atomic E-state index is 0.0824. The Labute approximate surface area is 112 Å². The number of aromatic nitrogens is 1. The molecule has 100 valence electrons. The van der Waals surface area contributed by atoms with Crippen LogP contribution >= 0.6 is 11.3 Å². The van der Waals surface area contributed by atoms with E-state index in [1.165, 1.54) is 15.6 Å². The Kier molecular flexibility index (Phi) is 3.73.